The van der Waals surface area contributed by atoms with Gasteiger partial charge in [-0.15, -0.1) is 0 Å². The molecule has 0 heterocycles. The van der Waals surface area contributed by atoms with Gasteiger partial charge in [0.2, 0.25) is 0 Å². The summed E-state index contributed by atoms with van der Waals surface area (Å²) in [4.78, 5) is 0. The molecule has 0 N–H and O–H groups in total. The third-order valence-corrected chi connectivity index (χ3v) is 5.85. The van der Waals surface area contributed by atoms with E-state index < -0.39 is 0 Å². The van der Waals surface area contributed by atoms with Crippen LogP contribution in [0.5, 0.6) is 0 Å². The summed E-state index contributed by atoms with van der Waals surface area (Å²) in [7, 11) is 0. The summed E-state index contributed by atoms with van der Waals surface area (Å²) in [6.45, 7) is 14.4. The largest absolute Gasteiger partial charge is 0.379 e. The minimum absolute atomic E-state index is 0.579. The van der Waals surface area contributed by atoms with Gasteiger partial charge in [-0.3, -0.25) is 0 Å². The van der Waals surface area contributed by atoms with Crippen LogP contribution in [0.2, 0.25) is 0 Å². The van der Waals surface area contributed by atoms with Crippen LogP contribution in [0.4, 0.5) is 0 Å². The Morgan fingerprint density at radius 1 is 0.382 bits per heavy atom. The van der Waals surface area contributed by atoms with E-state index in [1.54, 1.807) is 0 Å². The van der Waals surface area contributed by atoms with Crippen LogP contribution in [0.3, 0.4) is 0 Å². The normalized spacial score (nSPS) is 12.4. The molecule has 0 aliphatic carbocycles. The van der Waals surface area contributed by atoms with Crippen molar-refractivity contribution in [2.24, 2.45) is 5.92 Å². The Kier molecular flexibility index (Phi) is 30.6. The second-order valence-corrected chi connectivity index (χ2v) is 9.19. The van der Waals surface area contributed by atoms with Gasteiger partial charge in [0.25, 0.3) is 0 Å². The Hall–Kier alpha value is -0.240. The van der Waals surface area contributed by atoms with Crippen LogP contribution in [0.1, 0.15) is 97.8 Å². The molecule has 0 aromatic carbocycles. The number of rotatable bonds is 30. The number of unbranched alkanes of at least 4 members (excludes halogenated alkanes) is 10. The number of hydrogen-bond acceptors (Lipinski definition) is 6. The minimum atomic E-state index is 0.579. The highest BCUT2D eigenvalue weighted by molar-refractivity contribution is 4.48. The van der Waals surface area contributed by atoms with E-state index in [0.717, 1.165) is 26.1 Å². The fourth-order valence-electron chi connectivity index (χ4n) is 3.37. The summed E-state index contributed by atoms with van der Waals surface area (Å²) in [5.41, 5.74) is 0. The molecular weight excluding hydrogens is 432 g/mol. The minimum Gasteiger partial charge on any atom is -0.379 e. The third kappa shape index (κ3) is 29.8. The van der Waals surface area contributed by atoms with Crippen LogP contribution in [0, 0.1) is 5.92 Å². The number of ether oxygens (including phenoxy) is 6. The molecule has 0 radical (unpaired) electrons. The predicted molar refractivity (Wildman–Crippen MR) is 141 cm³/mol. The molecule has 0 aromatic rings. The van der Waals surface area contributed by atoms with Gasteiger partial charge < -0.3 is 28.4 Å². The lowest BCUT2D eigenvalue weighted by molar-refractivity contribution is -0.0182. The van der Waals surface area contributed by atoms with Crippen molar-refractivity contribution in [3.8, 4) is 0 Å². The first-order valence-electron chi connectivity index (χ1n) is 14.3. The Labute approximate surface area is 211 Å². The van der Waals surface area contributed by atoms with Crippen LogP contribution < -0.4 is 0 Å². The fourth-order valence-corrected chi connectivity index (χ4v) is 3.37. The smallest absolute Gasteiger partial charge is 0.0701 e. The molecule has 34 heavy (non-hydrogen) atoms. The Morgan fingerprint density at radius 3 is 1.09 bits per heavy atom. The summed E-state index contributed by atoms with van der Waals surface area (Å²) >= 11 is 0. The maximum Gasteiger partial charge on any atom is 0.0701 e. The molecule has 1 unspecified atom stereocenters. The van der Waals surface area contributed by atoms with E-state index >= 15 is 0 Å². The summed E-state index contributed by atoms with van der Waals surface area (Å²) in [6, 6.07) is 0. The fraction of sp³-hybridized carbons (Fsp3) is 1.00. The van der Waals surface area contributed by atoms with Crippen LogP contribution in [0.15, 0.2) is 0 Å². The average molecular weight is 491 g/mol. The van der Waals surface area contributed by atoms with Gasteiger partial charge in [-0.25, -0.2) is 0 Å². The highest BCUT2D eigenvalue weighted by Crippen LogP contribution is 2.11. The first kappa shape index (κ1) is 33.8. The summed E-state index contributed by atoms with van der Waals surface area (Å²) < 4.78 is 33.2. The van der Waals surface area contributed by atoms with Crippen LogP contribution >= 0.6 is 0 Å². The van der Waals surface area contributed by atoms with E-state index in [9.17, 15) is 0 Å². The Balaban J connectivity index is 3.02. The molecule has 0 aromatic heterocycles. The SMILES string of the molecule is CCCCCCCCCCCCCOCCOCCOCCOCCOCCOCC(C)CC. The van der Waals surface area contributed by atoms with E-state index in [2.05, 4.69) is 20.8 Å². The van der Waals surface area contributed by atoms with Crippen molar-refractivity contribution in [3.63, 3.8) is 0 Å². The Bertz CT molecular complexity index is 356. The molecule has 0 aliphatic heterocycles. The van der Waals surface area contributed by atoms with E-state index in [0.29, 0.717) is 72.0 Å². The lowest BCUT2D eigenvalue weighted by atomic mass is 10.1. The van der Waals surface area contributed by atoms with Crippen molar-refractivity contribution in [2.45, 2.75) is 97.8 Å². The third-order valence-electron chi connectivity index (χ3n) is 5.85. The van der Waals surface area contributed by atoms with E-state index in [-0.39, 0.29) is 0 Å². The van der Waals surface area contributed by atoms with Gasteiger partial charge in [-0.1, -0.05) is 91.4 Å². The molecule has 206 valence electrons. The van der Waals surface area contributed by atoms with Gasteiger partial charge in [-0.2, -0.15) is 0 Å². The van der Waals surface area contributed by atoms with Crippen molar-refractivity contribution in [1.29, 1.82) is 0 Å². The van der Waals surface area contributed by atoms with Gasteiger partial charge in [-0.05, 0) is 12.3 Å². The highest BCUT2D eigenvalue weighted by atomic mass is 16.6. The van der Waals surface area contributed by atoms with Crippen molar-refractivity contribution in [1.82, 2.24) is 0 Å². The van der Waals surface area contributed by atoms with Gasteiger partial charge >= 0.3 is 0 Å². The molecule has 0 aliphatic rings. The summed E-state index contributed by atoms with van der Waals surface area (Å²) in [5, 5.41) is 0. The monoisotopic (exact) mass is 490 g/mol. The van der Waals surface area contributed by atoms with Gasteiger partial charge in [0, 0.05) is 13.2 Å². The lowest BCUT2D eigenvalue weighted by Crippen LogP contribution is -2.14. The highest BCUT2D eigenvalue weighted by Gasteiger charge is 1.98. The van der Waals surface area contributed by atoms with Crippen molar-refractivity contribution in [3.05, 3.63) is 0 Å². The molecule has 0 fully saturated rings. The Morgan fingerprint density at radius 2 is 0.706 bits per heavy atom. The lowest BCUT2D eigenvalue weighted by Gasteiger charge is -2.10. The van der Waals surface area contributed by atoms with E-state index in [1.165, 1.54) is 64.2 Å². The average Bonchev–Trinajstić information content (AvgIpc) is 2.85. The summed E-state index contributed by atoms with van der Waals surface area (Å²) in [5.74, 6) is 0.617. The molecular formula is C28H58O6. The van der Waals surface area contributed by atoms with Gasteiger partial charge in [0.15, 0.2) is 0 Å². The summed E-state index contributed by atoms with van der Waals surface area (Å²) in [6.07, 6.45) is 16.1. The second-order valence-electron chi connectivity index (χ2n) is 9.19. The molecule has 0 rings (SSSR count). The maximum atomic E-state index is 5.64. The quantitative estimate of drug-likeness (QED) is 0.108. The molecule has 6 nitrogen and oxygen atoms in total. The topological polar surface area (TPSA) is 55.4 Å². The maximum absolute atomic E-state index is 5.64. The van der Waals surface area contributed by atoms with E-state index in [4.69, 9.17) is 28.4 Å². The molecule has 0 spiro atoms. The molecule has 1 atom stereocenters. The van der Waals surface area contributed by atoms with Gasteiger partial charge in [0.05, 0.1) is 66.1 Å². The van der Waals surface area contributed by atoms with Gasteiger partial charge in [0.1, 0.15) is 0 Å². The predicted octanol–water partition coefficient (Wildman–Crippen LogP) is 6.44. The molecule has 0 saturated carbocycles. The van der Waals surface area contributed by atoms with Crippen LogP contribution in [0.25, 0.3) is 0 Å². The first-order chi connectivity index (χ1) is 16.8. The van der Waals surface area contributed by atoms with Crippen molar-refractivity contribution in [2.75, 3.05) is 79.3 Å². The standard InChI is InChI=1S/C28H58O6/c1-4-6-7-8-9-10-11-12-13-14-15-16-29-17-18-30-19-20-31-21-22-32-23-24-33-25-26-34-27-28(3)5-2/h28H,4-27H2,1-3H3. The number of hydrogen-bond donors (Lipinski definition) is 0. The van der Waals surface area contributed by atoms with Crippen molar-refractivity contribution >= 4 is 0 Å². The van der Waals surface area contributed by atoms with E-state index in [1.807, 2.05) is 0 Å². The molecule has 0 saturated heterocycles. The zero-order chi connectivity index (χ0) is 24.8. The van der Waals surface area contributed by atoms with Crippen LogP contribution in [-0.4, -0.2) is 79.3 Å². The van der Waals surface area contributed by atoms with Crippen molar-refractivity contribution < 1.29 is 28.4 Å². The molecule has 6 heteroatoms. The zero-order valence-electron chi connectivity index (χ0n) is 23.0. The van der Waals surface area contributed by atoms with Crippen LogP contribution in [-0.2, 0) is 28.4 Å². The first-order valence-corrected chi connectivity index (χ1v) is 14.3. The molecule has 0 amide bonds. The second kappa shape index (κ2) is 30.8. The zero-order valence-corrected chi connectivity index (χ0v) is 23.0. The molecule has 0 bridgehead atoms.